The molecule has 1 aromatic heterocycles. The highest BCUT2D eigenvalue weighted by molar-refractivity contribution is 5.69. The van der Waals surface area contributed by atoms with E-state index in [1.165, 1.54) is 10.8 Å². The van der Waals surface area contributed by atoms with Crippen LogP contribution in [0.4, 0.5) is 0 Å². The van der Waals surface area contributed by atoms with Gasteiger partial charge in [0.05, 0.1) is 6.04 Å². The molecule has 0 bridgehead atoms. The van der Waals surface area contributed by atoms with Gasteiger partial charge in [-0.05, 0) is 57.4 Å². The molecule has 42 heavy (non-hydrogen) atoms. The fourth-order valence-corrected chi connectivity index (χ4v) is 4.11. The lowest BCUT2D eigenvalue weighted by molar-refractivity contribution is -0.148. The Bertz CT molecular complexity index is 1310. The fraction of sp³-hybridized carbons (Fsp3) is 0.469. The monoisotopic (exact) mass is 577 g/mol. The SMILES string of the molecule is CC/C=C\C/C=C\C/C=C\C/C=C\C/C=C\C/C=C\CCC(=O)OC[C@H]1OC(n2cc(C)c(=O)[nH]c2=O)C[C@@H]1N=[N+]=[N-]. The molecular weight excluding hydrogens is 534 g/mol. The Hall–Kier alpha value is -4.14. The average molecular weight is 578 g/mol. The number of aromatic amines is 1. The molecule has 1 N–H and O–H groups in total. The van der Waals surface area contributed by atoms with Crippen LogP contribution in [0, 0.1) is 6.92 Å². The summed E-state index contributed by atoms with van der Waals surface area (Å²) in [6, 6.07) is -0.615. The summed E-state index contributed by atoms with van der Waals surface area (Å²) in [5.74, 6) is -0.390. The molecular formula is C32H43N5O5. The van der Waals surface area contributed by atoms with Crippen LogP contribution in [0.1, 0.15) is 76.5 Å². The van der Waals surface area contributed by atoms with Crippen molar-refractivity contribution in [3.05, 3.63) is 116 Å². The largest absolute Gasteiger partial charge is 0.463 e. The second kappa shape index (κ2) is 20.7. The summed E-state index contributed by atoms with van der Waals surface area (Å²) in [6.45, 7) is 3.61. The smallest absolute Gasteiger partial charge is 0.330 e. The number of nitrogens with zero attached hydrogens (tertiary/aromatic N) is 4. The molecule has 10 nitrogen and oxygen atoms in total. The van der Waals surface area contributed by atoms with Gasteiger partial charge in [0.25, 0.3) is 5.56 Å². The van der Waals surface area contributed by atoms with E-state index in [-0.39, 0.29) is 19.4 Å². The number of aromatic nitrogens is 2. The van der Waals surface area contributed by atoms with Crippen molar-refractivity contribution in [3.8, 4) is 0 Å². The van der Waals surface area contributed by atoms with E-state index in [1.54, 1.807) is 6.92 Å². The van der Waals surface area contributed by atoms with Gasteiger partial charge in [0, 0.05) is 29.5 Å². The van der Waals surface area contributed by atoms with Crippen molar-refractivity contribution in [2.75, 3.05) is 6.61 Å². The van der Waals surface area contributed by atoms with Gasteiger partial charge in [-0.15, -0.1) is 0 Å². The molecule has 0 amide bonds. The number of rotatable bonds is 18. The Labute approximate surface area is 247 Å². The van der Waals surface area contributed by atoms with Gasteiger partial charge in [0.15, 0.2) is 0 Å². The van der Waals surface area contributed by atoms with E-state index in [0.717, 1.165) is 38.5 Å². The molecule has 2 heterocycles. The van der Waals surface area contributed by atoms with Gasteiger partial charge in [0.2, 0.25) is 0 Å². The van der Waals surface area contributed by atoms with Crippen LogP contribution in [0.25, 0.3) is 10.4 Å². The molecule has 226 valence electrons. The van der Waals surface area contributed by atoms with Crippen LogP contribution < -0.4 is 11.2 Å². The Morgan fingerprint density at radius 1 is 1.00 bits per heavy atom. The maximum Gasteiger partial charge on any atom is 0.330 e. The minimum Gasteiger partial charge on any atom is -0.463 e. The van der Waals surface area contributed by atoms with E-state index in [9.17, 15) is 14.4 Å². The van der Waals surface area contributed by atoms with Gasteiger partial charge in [-0.3, -0.25) is 19.1 Å². The van der Waals surface area contributed by atoms with Crippen LogP contribution in [0.3, 0.4) is 0 Å². The van der Waals surface area contributed by atoms with E-state index in [4.69, 9.17) is 15.0 Å². The zero-order valence-electron chi connectivity index (χ0n) is 24.6. The summed E-state index contributed by atoms with van der Waals surface area (Å²) < 4.78 is 12.4. The third kappa shape index (κ3) is 13.5. The van der Waals surface area contributed by atoms with Gasteiger partial charge < -0.3 is 9.47 Å². The average Bonchev–Trinajstić information content (AvgIpc) is 3.37. The summed E-state index contributed by atoms with van der Waals surface area (Å²) in [5, 5.41) is 3.73. The fourth-order valence-electron chi connectivity index (χ4n) is 4.11. The first kappa shape index (κ1) is 34.1. The van der Waals surface area contributed by atoms with Gasteiger partial charge >= 0.3 is 11.7 Å². The number of allylic oxidation sites excluding steroid dienone is 12. The lowest BCUT2D eigenvalue weighted by Gasteiger charge is -2.16. The van der Waals surface area contributed by atoms with Crippen LogP contribution in [0.2, 0.25) is 0 Å². The first-order valence-electron chi connectivity index (χ1n) is 14.5. The molecule has 1 saturated heterocycles. The summed E-state index contributed by atoms with van der Waals surface area (Å²) >= 11 is 0. The molecule has 0 spiro atoms. The normalized spacial score (nSPS) is 19.3. The first-order valence-corrected chi connectivity index (χ1v) is 14.5. The number of carbonyl (C=O) groups is 1. The van der Waals surface area contributed by atoms with Crippen molar-refractivity contribution < 1.29 is 14.3 Å². The van der Waals surface area contributed by atoms with E-state index in [0.29, 0.717) is 12.0 Å². The highest BCUT2D eigenvalue weighted by Crippen LogP contribution is 2.30. The second-order valence-electron chi connectivity index (χ2n) is 9.75. The van der Waals surface area contributed by atoms with Crippen molar-refractivity contribution >= 4 is 5.97 Å². The topological polar surface area (TPSA) is 139 Å². The number of aryl methyl sites for hydroxylation is 1. The number of hydrogen-bond acceptors (Lipinski definition) is 6. The van der Waals surface area contributed by atoms with Crippen LogP contribution in [0.15, 0.2) is 93.8 Å². The standard InChI is InChI=1S/C32H43N5O5/c1-3-4-5-6-7-8-9-10-11-12-13-14-15-16-17-18-19-20-21-22-30(38)41-25-28-27(35-36-33)23-29(42-28)37-24-26(2)31(39)34-32(37)40/h4-5,7-8,10-11,13-14,16-17,19-20,24,27-29H,3,6,9,12,15,18,21-23,25H2,1-2H3,(H,34,39,40)/b5-4-,8-7-,11-10-,14-13-,17-16-,20-19-/t27-,28+,29?/m0/s1. The van der Waals surface area contributed by atoms with E-state index in [2.05, 4.69) is 82.7 Å². The number of H-pyrrole nitrogens is 1. The van der Waals surface area contributed by atoms with Crippen molar-refractivity contribution in [1.82, 2.24) is 9.55 Å². The molecule has 1 fully saturated rings. The molecule has 0 radical (unpaired) electrons. The van der Waals surface area contributed by atoms with Crippen LogP contribution in [0.5, 0.6) is 0 Å². The Morgan fingerprint density at radius 2 is 1.55 bits per heavy atom. The molecule has 1 unspecified atom stereocenters. The molecule has 2 rings (SSSR count). The molecule has 0 aliphatic carbocycles. The van der Waals surface area contributed by atoms with Gasteiger partial charge in [-0.2, -0.15) is 0 Å². The minimum absolute atomic E-state index is 0.0974. The maximum absolute atomic E-state index is 12.2. The van der Waals surface area contributed by atoms with Gasteiger partial charge in [-0.25, -0.2) is 4.79 Å². The number of ether oxygens (including phenoxy) is 2. The number of azide groups is 1. The molecule has 1 aliphatic rings. The Kier molecular flexibility index (Phi) is 16.8. The Balaban J connectivity index is 1.60. The summed E-state index contributed by atoms with van der Waals surface area (Å²) in [7, 11) is 0. The second-order valence-corrected chi connectivity index (χ2v) is 9.75. The number of hydrogen-bond donors (Lipinski definition) is 1. The third-order valence-electron chi connectivity index (χ3n) is 6.38. The highest BCUT2D eigenvalue weighted by atomic mass is 16.6. The van der Waals surface area contributed by atoms with E-state index in [1.807, 2.05) is 12.2 Å². The van der Waals surface area contributed by atoms with Crippen molar-refractivity contribution in [3.63, 3.8) is 0 Å². The lowest BCUT2D eigenvalue weighted by atomic mass is 10.1. The third-order valence-corrected chi connectivity index (χ3v) is 6.38. The van der Waals surface area contributed by atoms with E-state index >= 15 is 0 Å². The Morgan fingerprint density at radius 3 is 2.10 bits per heavy atom. The summed E-state index contributed by atoms with van der Waals surface area (Å²) in [5.41, 5.74) is 8.15. The van der Waals surface area contributed by atoms with Crippen LogP contribution in [-0.2, 0) is 14.3 Å². The van der Waals surface area contributed by atoms with E-state index < -0.39 is 35.6 Å². The van der Waals surface area contributed by atoms with Crippen molar-refractivity contribution in [2.24, 2.45) is 5.11 Å². The summed E-state index contributed by atoms with van der Waals surface area (Å²) in [4.78, 5) is 41.1. The predicted octanol–water partition coefficient (Wildman–Crippen LogP) is 6.83. The molecule has 10 heteroatoms. The highest BCUT2D eigenvalue weighted by Gasteiger charge is 2.37. The van der Waals surface area contributed by atoms with Crippen LogP contribution in [-0.4, -0.2) is 34.3 Å². The predicted molar refractivity (Wildman–Crippen MR) is 166 cm³/mol. The molecule has 0 saturated carbocycles. The minimum atomic E-state index is -0.744. The van der Waals surface area contributed by atoms with Gasteiger partial charge in [-0.1, -0.05) is 85.0 Å². The first-order chi connectivity index (χ1) is 20.5. The lowest BCUT2D eigenvalue weighted by Crippen LogP contribution is -2.33. The number of carbonyl (C=O) groups excluding carboxylic acids is 1. The summed E-state index contributed by atoms with van der Waals surface area (Å²) in [6.07, 6.45) is 32.1. The maximum atomic E-state index is 12.2. The molecule has 0 aromatic carbocycles. The zero-order valence-corrected chi connectivity index (χ0v) is 24.6. The van der Waals surface area contributed by atoms with Crippen LogP contribution >= 0.6 is 0 Å². The zero-order chi connectivity index (χ0) is 30.4. The van der Waals surface area contributed by atoms with Crippen molar-refractivity contribution in [1.29, 1.82) is 0 Å². The molecule has 3 atom stereocenters. The van der Waals surface area contributed by atoms with Crippen molar-refractivity contribution in [2.45, 2.75) is 90.0 Å². The number of esters is 1. The quantitative estimate of drug-likeness (QED) is 0.0669. The van der Waals surface area contributed by atoms with Gasteiger partial charge in [0.1, 0.15) is 18.9 Å². The number of nitrogens with one attached hydrogen (secondary N) is 1. The molecule has 1 aromatic rings. The molecule has 1 aliphatic heterocycles.